The van der Waals surface area contributed by atoms with Gasteiger partial charge in [0.05, 0.1) is 19.1 Å². The molecule has 1 aliphatic rings. The molecule has 0 spiro atoms. The van der Waals surface area contributed by atoms with Crippen LogP contribution in [-0.4, -0.2) is 32.2 Å². The Morgan fingerprint density at radius 2 is 2.16 bits per heavy atom. The van der Waals surface area contributed by atoms with Crippen LogP contribution in [0.25, 0.3) is 6.08 Å². The Balaban J connectivity index is 1.82. The van der Waals surface area contributed by atoms with E-state index in [1.165, 1.54) is 32.0 Å². The van der Waals surface area contributed by atoms with E-state index in [0.717, 1.165) is 23.9 Å². The summed E-state index contributed by atoms with van der Waals surface area (Å²) in [5.41, 5.74) is 0.801. The first-order valence-corrected chi connectivity index (χ1v) is 6.69. The van der Waals surface area contributed by atoms with Crippen LogP contribution in [0.3, 0.4) is 0 Å². The third-order valence-corrected chi connectivity index (χ3v) is 3.30. The standard InChI is InChI=1S/C15H19NO3/c17-15(18)7-6-13-4-3-5-14(12-13)19-11-10-16-8-1-2-9-16/h3-7,12H,1-2,8-11H2,(H,17,18)/b7-6+. The highest BCUT2D eigenvalue weighted by atomic mass is 16.5. The molecule has 4 heteroatoms. The average Bonchev–Trinajstić information content (AvgIpc) is 2.90. The average molecular weight is 261 g/mol. The van der Waals surface area contributed by atoms with Gasteiger partial charge in [-0.1, -0.05) is 18.2 Å². The van der Waals surface area contributed by atoms with E-state index in [1.807, 2.05) is 24.3 Å². The van der Waals surface area contributed by atoms with Gasteiger partial charge in [0.15, 0.2) is 0 Å². The number of carbonyl (C=O) groups is 1. The number of carboxylic acids is 1. The van der Waals surface area contributed by atoms with Gasteiger partial charge in [0, 0.05) is 12.8 Å². The summed E-state index contributed by atoms with van der Waals surface area (Å²) in [6, 6.07) is 7.40. The number of ether oxygens (including phenoxy) is 1. The fourth-order valence-corrected chi connectivity index (χ4v) is 2.31. The summed E-state index contributed by atoms with van der Waals surface area (Å²) in [6.07, 6.45) is 5.17. The van der Waals surface area contributed by atoms with Crippen molar-refractivity contribution in [2.75, 3.05) is 26.2 Å². The van der Waals surface area contributed by atoms with Gasteiger partial charge in [0.1, 0.15) is 18.9 Å². The predicted octanol–water partition coefficient (Wildman–Crippen LogP) is -0.493. The summed E-state index contributed by atoms with van der Waals surface area (Å²) in [5, 5.41) is 10.3. The molecule has 0 aromatic heterocycles. The van der Waals surface area contributed by atoms with Crippen molar-refractivity contribution in [2.24, 2.45) is 0 Å². The fourth-order valence-electron chi connectivity index (χ4n) is 2.31. The van der Waals surface area contributed by atoms with E-state index in [4.69, 9.17) is 4.74 Å². The summed E-state index contributed by atoms with van der Waals surface area (Å²) in [7, 11) is 0. The second-order valence-electron chi connectivity index (χ2n) is 4.78. The van der Waals surface area contributed by atoms with Crippen molar-refractivity contribution in [3.63, 3.8) is 0 Å². The third-order valence-electron chi connectivity index (χ3n) is 3.30. The smallest absolute Gasteiger partial charge is 0.137 e. The number of likely N-dealkylation sites (tertiary alicyclic amines) is 1. The van der Waals surface area contributed by atoms with Gasteiger partial charge in [-0.25, -0.2) is 0 Å². The van der Waals surface area contributed by atoms with Crippen LogP contribution < -0.4 is 14.7 Å². The van der Waals surface area contributed by atoms with Gasteiger partial charge in [-0.2, -0.15) is 0 Å². The number of hydrogen-bond acceptors (Lipinski definition) is 3. The minimum atomic E-state index is -1.19. The zero-order valence-electron chi connectivity index (χ0n) is 10.9. The highest BCUT2D eigenvalue weighted by molar-refractivity contribution is 5.83. The SMILES string of the molecule is O=C([O-])/C=C/c1cccc(OCC[NH+]2CCCC2)c1. The molecule has 1 aromatic rings. The molecular formula is C15H19NO3. The first-order valence-electron chi connectivity index (χ1n) is 6.69. The number of benzene rings is 1. The van der Waals surface area contributed by atoms with Crippen molar-refractivity contribution >= 4 is 12.0 Å². The van der Waals surface area contributed by atoms with Crippen molar-refractivity contribution in [2.45, 2.75) is 12.8 Å². The van der Waals surface area contributed by atoms with Crippen LogP contribution in [0.1, 0.15) is 18.4 Å². The summed E-state index contributed by atoms with van der Waals surface area (Å²) >= 11 is 0. The number of aliphatic carboxylic acids is 1. The Hall–Kier alpha value is -1.81. The molecule has 1 saturated heterocycles. The topological polar surface area (TPSA) is 53.8 Å². The van der Waals surface area contributed by atoms with E-state index in [2.05, 4.69) is 0 Å². The lowest BCUT2D eigenvalue weighted by molar-refractivity contribution is -0.887. The Kier molecular flexibility index (Phi) is 4.98. The second kappa shape index (κ2) is 6.95. The number of hydrogen-bond donors (Lipinski definition) is 1. The van der Waals surface area contributed by atoms with E-state index < -0.39 is 5.97 Å². The largest absolute Gasteiger partial charge is 0.545 e. The molecule has 1 fully saturated rings. The number of rotatable bonds is 6. The Morgan fingerprint density at radius 3 is 2.89 bits per heavy atom. The van der Waals surface area contributed by atoms with E-state index >= 15 is 0 Å². The van der Waals surface area contributed by atoms with Gasteiger partial charge in [-0.05, 0) is 23.8 Å². The first kappa shape index (κ1) is 13.6. The highest BCUT2D eigenvalue weighted by Crippen LogP contribution is 2.14. The fraction of sp³-hybridized carbons (Fsp3) is 0.400. The molecule has 19 heavy (non-hydrogen) atoms. The monoisotopic (exact) mass is 261 g/mol. The Bertz CT molecular complexity index is 450. The van der Waals surface area contributed by atoms with Gasteiger partial charge in [0.2, 0.25) is 0 Å². The molecule has 1 aromatic carbocycles. The summed E-state index contributed by atoms with van der Waals surface area (Å²) < 4.78 is 5.70. The minimum Gasteiger partial charge on any atom is -0.545 e. The molecule has 102 valence electrons. The van der Waals surface area contributed by atoms with Gasteiger partial charge in [-0.3, -0.25) is 0 Å². The highest BCUT2D eigenvalue weighted by Gasteiger charge is 2.14. The van der Waals surface area contributed by atoms with E-state index in [-0.39, 0.29) is 0 Å². The van der Waals surface area contributed by atoms with Gasteiger partial charge in [-0.15, -0.1) is 0 Å². The molecule has 0 atom stereocenters. The normalized spacial score (nSPS) is 16.0. The number of carbonyl (C=O) groups excluding carboxylic acids is 1. The van der Waals surface area contributed by atoms with Crippen LogP contribution in [0.5, 0.6) is 5.75 Å². The molecule has 0 amide bonds. The molecule has 2 rings (SSSR count). The summed E-state index contributed by atoms with van der Waals surface area (Å²) in [5.74, 6) is -0.414. The number of quaternary nitrogens is 1. The maximum Gasteiger partial charge on any atom is 0.137 e. The molecule has 0 bridgehead atoms. The number of nitrogens with one attached hydrogen (secondary N) is 1. The summed E-state index contributed by atoms with van der Waals surface area (Å²) in [4.78, 5) is 11.9. The minimum absolute atomic E-state index is 0.697. The zero-order chi connectivity index (χ0) is 13.5. The van der Waals surface area contributed by atoms with Crippen molar-refractivity contribution in [1.82, 2.24) is 0 Å². The lowest BCUT2D eigenvalue weighted by atomic mass is 10.2. The zero-order valence-corrected chi connectivity index (χ0v) is 10.9. The van der Waals surface area contributed by atoms with Crippen molar-refractivity contribution in [1.29, 1.82) is 0 Å². The van der Waals surface area contributed by atoms with Crippen molar-refractivity contribution in [3.8, 4) is 5.75 Å². The molecule has 0 aliphatic carbocycles. The molecule has 4 nitrogen and oxygen atoms in total. The third kappa shape index (κ3) is 4.75. The molecule has 1 N–H and O–H groups in total. The van der Waals surface area contributed by atoms with Crippen molar-refractivity contribution in [3.05, 3.63) is 35.9 Å². The molecule has 1 heterocycles. The van der Waals surface area contributed by atoms with Crippen LogP contribution in [0.15, 0.2) is 30.3 Å². The van der Waals surface area contributed by atoms with E-state index in [0.29, 0.717) is 6.61 Å². The quantitative estimate of drug-likeness (QED) is 0.703. The summed E-state index contributed by atoms with van der Waals surface area (Å²) in [6.45, 7) is 4.22. The lowest BCUT2D eigenvalue weighted by Crippen LogP contribution is -3.10. The van der Waals surface area contributed by atoms with E-state index in [9.17, 15) is 9.90 Å². The Morgan fingerprint density at radius 1 is 1.37 bits per heavy atom. The van der Waals surface area contributed by atoms with Crippen LogP contribution in [-0.2, 0) is 4.79 Å². The second-order valence-corrected chi connectivity index (χ2v) is 4.78. The van der Waals surface area contributed by atoms with Crippen LogP contribution >= 0.6 is 0 Å². The molecule has 1 aliphatic heterocycles. The molecule has 0 radical (unpaired) electrons. The molecule has 0 saturated carbocycles. The maximum absolute atomic E-state index is 10.3. The molecular weight excluding hydrogens is 242 g/mol. The van der Waals surface area contributed by atoms with Crippen LogP contribution in [0, 0.1) is 0 Å². The van der Waals surface area contributed by atoms with Gasteiger partial charge in [0.25, 0.3) is 0 Å². The van der Waals surface area contributed by atoms with Gasteiger partial charge >= 0.3 is 0 Å². The molecule has 0 unspecified atom stereocenters. The van der Waals surface area contributed by atoms with Crippen LogP contribution in [0.2, 0.25) is 0 Å². The Labute approximate surface area is 113 Å². The lowest BCUT2D eigenvalue weighted by Gasteiger charge is -2.12. The number of carboxylic acid groups (broad SMARTS) is 1. The van der Waals surface area contributed by atoms with Gasteiger partial charge < -0.3 is 19.5 Å². The van der Waals surface area contributed by atoms with E-state index in [1.54, 1.807) is 4.90 Å². The van der Waals surface area contributed by atoms with Crippen molar-refractivity contribution < 1.29 is 19.5 Å². The predicted molar refractivity (Wildman–Crippen MR) is 70.8 cm³/mol. The maximum atomic E-state index is 10.3. The first-order chi connectivity index (χ1) is 9.24. The van der Waals surface area contributed by atoms with Crippen LogP contribution in [0.4, 0.5) is 0 Å².